The molecular weight excluding hydrogens is 416 g/mol. The summed E-state index contributed by atoms with van der Waals surface area (Å²) in [6.45, 7) is 2.27. The van der Waals surface area contributed by atoms with Crippen LogP contribution >= 0.6 is 0 Å². The first kappa shape index (κ1) is 23.5. The van der Waals surface area contributed by atoms with E-state index >= 15 is 0 Å². The molecule has 0 aliphatic heterocycles. The second-order valence-electron chi connectivity index (χ2n) is 8.78. The molecule has 174 valence electrons. The topological polar surface area (TPSA) is 56.2 Å². The smallest absolute Gasteiger partial charge is 0.221 e. The van der Waals surface area contributed by atoms with E-state index in [1.807, 2.05) is 36.5 Å². The second-order valence-corrected chi connectivity index (χ2v) is 8.78. The Balaban J connectivity index is 1.36. The van der Waals surface area contributed by atoms with Crippen LogP contribution in [-0.2, 0) is 6.42 Å². The third-order valence-electron chi connectivity index (χ3n) is 6.13. The summed E-state index contributed by atoms with van der Waals surface area (Å²) in [4.78, 5) is 4.49. The third-order valence-corrected chi connectivity index (χ3v) is 6.13. The van der Waals surface area contributed by atoms with Gasteiger partial charge in [-0.05, 0) is 35.1 Å². The summed E-state index contributed by atoms with van der Waals surface area (Å²) >= 11 is 0. The third kappa shape index (κ3) is 6.44. The predicted molar refractivity (Wildman–Crippen MR) is 144 cm³/mol. The van der Waals surface area contributed by atoms with Crippen LogP contribution in [0.2, 0.25) is 0 Å². The first-order valence-corrected chi connectivity index (χ1v) is 12.4. The van der Waals surface area contributed by atoms with Crippen LogP contribution in [0.4, 0.5) is 5.95 Å². The van der Waals surface area contributed by atoms with E-state index in [4.69, 9.17) is 5.73 Å². The normalized spacial score (nSPS) is 11.3. The summed E-state index contributed by atoms with van der Waals surface area (Å²) < 4.78 is 1.61. The van der Waals surface area contributed by atoms with Gasteiger partial charge >= 0.3 is 0 Å². The quantitative estimate of drug-likeness (QED) is 0.189. The Bertz CT molecular complexity index is 1170. The maximum Gasteiger partial charge on any atom is 0.221 e. The molecular formula is C30H34N4. The number of unbranched alkanes of at least 4 members (excludes halogenated alkanes) is 5. The summed E-state index contributed by atoms with van der Waals surface area (Å²) in [7, 11) is 0. The summed E-state index contributed by atoms with van der Waals surface area (Å²) in [6.07, 6.45) is 12.8. The van der Waals surface area contributed by atoms with Crippen molar-refractivity contribution in [2.24, 2.45) is 5.10 Å². The van der Waals surface area contributed by atoms with Crippen molar-refractivity contribution in [2.45, 2.75) is 51.9 Å². The van der Waals surface area contributed by atoms with E-state index in [2.05, 4.69) is 65.5 Å². The maximum atomic E-state index is 6.08. The van der Waals surface area contributed by atoms with E-state index in [1.165, 1.54) is 61.6 Å². The standard InChI is InChI=1S/C30H34N4/c1-2-3-4-5-6-8-11-24-14-16-26(17-15-24)27-18-20-28(21-19-27)29-23-34(30(31)33-29)32-22-25-12-9-7-10-13-25/h7,9-10,12-23H,2-6,8,11H2,1H3,(H2,31,33)/b32-22-. The van der Waals surface area contributed by atoms with Crippen LogP contribution in [0.15, 0.2) is 90.2 Å². The zero-order chi connectivity index (χ0) is 23.6. The van der Waals surface area contributed by atoms with Crippen molar-refractivity contribution in [3.8, 4) is 22.4 Å². The average molecular weight is 451 g/mol. The summed E-state index contributed by atoms with van der Waals surface area (Å²) in [5, 5.41) is 4.44. The van der Waals surface area contributed by atoms with Gasteiger partial charge in [-0.2, -0.15) is 5.10 Å². The largest absolute Gasteiger partial charge is 0.368 e. The van der Waals surface area contributed by atoms with Crippen molar-refractivity contribution in [1.29, 1.82) is 0 Å². The molecule has 3 aromatic carbocycles. The average Bonchev–Trinajstić information content (AvgIpc) is 3.26. The van der Waals surface area contributed by atoms with Crippen LogP contribution in [0.1, 0.15) is 56.6 Å². The van der Waals surface area contributed by atoms with E-state index in [9.17, 15) is 0 Å². The molecule has 0 saturated carbocycles. The molecule has 0 saturated heterocycles. The number of nitrogens with two attached hydrogens (primary N) is 1. The molecule has 0 aliphatic rings. The molecule has 4 rings (SSSR count). The molecule has 0 amide bonds. The lowest BCUT2D eigenvalue weighted by Gasteiger charge is -2.06. The zero-order valence-electron chi connectivity index (χ0n) is 20.0. The Morgan fingerprint density at radius 1 is 0.765 bits per heavy atom. The van der Waals surface area contributed by atoms with Crippen molar-refractivity contribution < 1.29 is 0 Å². The van der Waals surface area contributed by atoms with Crippen molar-refractivity contribution in [3.63, 3.8) is 0 Å². The number of benzene rings is 3. The van der Waals surface area contributed by atoms with Crippen molar-refractivity contribution in [2.75, 3.05) is 5.73 Å². The van der Waals surface area contributed by atoms with Crippen LogP contribution in [-0.4, -0.2) is 15.9 Å². The molecule has 0 fully saturated rings. The Hall–Kier alpha value is -3.66. The van der Waals surface area contributed by atoms with Crippen LogP contribution in [0.5, 0.6) is 0 Å². The minimum atomic E-state index is 0.368. The first-order valence-electron chi connectivity index (χ1n) is 12.4. The van der Waals surface area contributed by atoms with Gasteiger partial charge in [0.1, 0.15) is 0 Å². The highest BCUT2D eigenvalue weighted by molar-refractivity contribution is 5.79. The molecule has 0 atom stereocenters. The van der Waals surface area contributed by atoms with Crippen LogP contribution in [0.25, 0.3) is 22.4 Å². The fourth-order valence-electron chi connectivity index (χ4n) is 4.09. The Labute approximate surface area is 203 Å². The molecule has 1 aromatic heterocycles. The maximum absolute atomic E-state index is 6.08. The number of anilines is 1. The minimum absolute atomic E-state index is 0.368. The molecule has 2 N–H and O–H groups in total. The lowest BCUT2D eigenvalue weighted by molar-refractivity contribution is 0.607. The fourth-order valence-corrected chi connectivity index (χ4v) is 4.09. The van der Waals surface area contributed by atoms with Crippen molar-refractivity contribution in [1.82, 2.24) is 9.66 Å². The number of hydrogen-bond donors (Lipinski definition) is 1. The summed E-state index contributed by atoms with van der Waals surface area (Å²) in [5.74, 6) is 0.368. The number of hydrogen-bond acceptors (Lipinski definition) is 3. The Morgan fingerprint density at radius 3 is 2.09 bits per heavy atom. The van der Waals surface area contributed by atoms with Crippen LogP contribution < -0.4 is 5.73 Å². The van der Waals surface area contributed by atoms with E-state index < -0.39 is 0 Å². The number of aryl methyl sites for hydroxylation is 1. The van der Waals surface area contributed by atoms with Gasteiger partial charge in [0, 0.05) is 5.56 Å². The minimum Gasteiger partial charge on any atom is -0.368 e. The highest BCUT2D eigenvalue weighted by Gasteiger charge is 2.07. The number of rotatable bonds is 11. The number of nitrogens with zero attached hydrogens (tertiary/aromatic N) is 3. The van der Waals surface area contributed by atoms with E-state index in [-0.39, 0.29) is 0 Å². The van der Waals surface area contributed by atoms with Crippen LogP contribution in [0.3, 0.4) is 0 Å². The number of nitrogen functional groups attached to an aromatic ring is 1. The molecule has 0 radical (unpaired) electrons. The fraction of sp³-hybridized carbons (Fsp3) is 0.267. The SMILES string of the molecule is CCCCCCCCc1ccc(-c2ccc(-c3cn(/N=C\c4ccccc4)c(N)n3)cc2)cc1. The van der Waals surface area contributed by atoms with Gasteiger partial charge in [0.05, 0.1) is 18.1 Å². The van der Waals surface area contributed by atoms with Gasteiger partial charge in [-0.1, -0.05) is 118 Å². The van der Waals surface area contributed by atoms with Gasteiger partial charge < -0.3 is 5.73 Å². The van der Waals surface area contributed by atoms with E-state index in [0.29, 0.717) is 5.95 Å². The highest BCUT2D eigenvalue weighted by atomic mass is 15.4. The molecule has 0 spiro atoms. The molecule has 0 unspecified atom stereocenters. The molecule has 0 aliphatic carbocycles. The van der Waals surface area contributed by atoms with Gasteiger partial charge in [-0.25, -0.2) is 9.66 Å². The number of aromatic nitrogens is 2. The van der Waals surface area contributed by atoms with Crippen molar-refractivity contribution in [3.05, 3.63) is 96.2 Å². The van der Waals surface area contributed by atoms with Gasteiger partial charge in [-0.15, -0.1) is 0 Å². The lowest BCUT2D eigenvalue weighted by atomic mass is 9.99. The highest BCUT2D eigenvalue weighted by Crippen LogP contribution is 2.25. The molecule has 0 bridgehead atoms. The lowest BCUT2D eigenvalue weighted by Crippen LogP contribution is -1.96. The number of imidazole rings is 1. The molecule has 34 heavy (non-hydrogen) atoms. The second kappa shape index (κ2) is 12.0. The Kier molecular flexibility index (Phi) is 8.28. The first-order chi connectivity index (χ1) is 16.7. The van der Waals surface area contributed by atoms with E-state index in [1.54, 1.807) is 10.9 Å². The Morgan fingerprint density at radius 2 is 1.38 bits per heavy atom. The molecule has 4 nitrogen and oxygen atoms in total. The van der Waals surface area contributed by atoms with Crippen LogP contribution in [0, 0.1) is 0 Å². The molecule has 1 heterocycles. The molecule has 4 heteroatoms. The van der Waals surface area contributed by atoms with Crippen molar-refractivity contribution >= 4 is 12.2 Å². The van der Waals surface area contributed by atoms with Gasteiger partial charge in [0.15, 0.2) is 0 Å². The van der Waals surface area contributed by atoms with Gasteiger partial charge in [0.2, 0.25) is 5.95 Å². The molecule has 4 aromatic rings. The summed E-state index contributed by atoms with van der Waals surface area (Å²) in [5.41, 5.74) is 12.8. The van der Waals surface area contributed by atoms with E-state index in [0.717, 1.165) is 16.8 Å². The summed E-state index contributed by atoms with van der Waals surface area (Å²) in [6, 6.07) is 27.4. The monoisotopic (exact) mass is 450 g/mol. The van der Waals surface area contributed by atoms with Gasteiger partial charge in [-0.3, -0.25) is 0 Å². The van der Waals surface area contributed by atoms with Gasteiger partial charge in [0.25, 0.3) is 0 Å². The predicted octanol–water partition coefficient (Wildman–Crippen LogP) is 7.58. The zero-order valence-corrected chi connectivity index (χ0v) is 20.0.